The zero-order chi connectivity index (χ0) is 13.4. The van der Waals surface area contributed by atoms with E-state index in [0.29, 0.717) is 0 Å². The van der Waals surface area contributed by atoms with E-state index in [0.717, 1.165) is 38.8 Å². The second-order valence-corrected chi connectivity index (χ2v) is 6.37. The third-order valence-corrected chi connectivity index (χ3v) is 4.29. The fourth-order valence-electron chi connectivity index (χ4n) is 1.51. The van der Waals surface area contributed by atoms with E-state index >= 15 is 0 Å². The predicted octanol–water partition coefficient (Wildman–Crippen LogP) is 5.55. The van der Waals surface area contributed by atoms with Gasteiger partial charge in [0.25, 0.3) is 0 Å². The molecular weight excluding hydrogens is 428 g/mol. The lowest BCUT2D eigenvalue weighted by atomic mass is 10.2. The van der Waals surface area contributed by atoms with Crippen molar-refractivity contribution in [2.75, 3.05) is 19.0 Å². The molecule has 1 rings (SSSR count). The Morgan fingerprint density at radius 2 is 1.56 bits per heavy atom. The molecule has 102 valence electrons. The molecule has 0 amide bonds. The van der Waals surface area contributed by atoms with Gasteiger partial charge in [0.15, 0.2) is 0 Å². The van der Waals surface area contributed by atoms with Gasteiger partial charge in [-0.05, 0) is 56.8 Å². The number of methoxy groups -OCH3 is 1. The Kier molecular flexibility index (Phi) is 8.35. The minimum Gasteiger partial charge on any atom is -0.496 e. The van der Waals surface area contributed by atoms with Gasteiger partial charge in [-0.15, -0.1) is 0 Å². The number of rotatable bonds is 8. The van der Waals surface area contributed by atoms with E-state index in [9.17, 15) is 0 Å². The van der Waals surface area contributed by atoms with Crippen LogP contribution in [0.3, 0.4) is 0 Å². The molecule has 18 heavy (non-hydrogen) atoms. The fraction of sp³-hybridized carbons (Fsp3) is 0.538. The molecule has 5 heteroatoms. The molecule has 2 nitrogen and oxygen atoms in total. The fourth-order valence-corrected chi connectivity index (χ4v) is 2.83. The third kappa shape index (κ3) is 5.49. The maximum atomic E-state index is 5.75. The molecule has 1 aromatic carbocycles. The van der Waals surface area contributed by atoms with Crippen molar-refractivity contribution in [3.05, 3.63) is 21.1 Å². The van der Waals surface area contributed by atoms with Crippen LogP contribution in [-0.4, -0.2) is 19.0 Å². The summed E-state index contributed by atoms with van der Waals surface area (Å²) in [7, 11) is 1.65. The molecule has 0 heterocycles. The first-order valence-corrected chi connectivity index (χ1v) is 8.61. The summed E-state index contributed by atoms with van der Waals surface area (Å²) in [5.41, 5.74) is 0. The van der Waals surface area contributed by atoms with Crippen molar-refractivity contribution < 1.29 is 9.47 Å². The Labute approximate surface area is 134 Å². The number of alkyl halides is 1. The van der Waals surface area contributed by atoms with Gasteiger partial charge >= 0.3 is 0 Å². The molecular formula is C13H17Br3O2. The van der Waals surface area contributed by atoms with Gasteiger partial charge < -0.3 is 9.47 Å². The van der Waals surface area contributed by atoms with Crippen molar-refractivity contribution in [3.63, 3.8) is 0 Å². The van der Waals surface area contributed by atoms with E-state index in [1.807, 2.05) is 12.1 Å². The third-order valence-electron chi connectivity index (χ3n) is 2.49. The van der Waals surface area contributed by atoms with Crippen molar-refractivity contribution >= 4 is 47.8 Å². The van der Waals surface area contributed by atoms with Crippen LogP contribution in [-0.2, 0) is 0 Å². The van der Waals surface area contributed by atoms with Crippen LogP contribution in [0.15, 0.2) is 21.1 Å². The van der Waals surface area contributed by atoms with E-state index in [-0.39, 0.29) is 0 Å². The van der Waals surface area contributed by atoms with E-state index < -0.39 is 0 Å². The molecule has 0 saturated carbocycles. The highest BCUT2D eigenvalue weighted by atomic mass is 79.9. The van der Waals surface area contributed by atoms with E-state index in [2.05, 4.69) is 47.8 Å². The molecule has 0 radical (unpaired) electrons. The predicted molar refractivity (Wildman–Crippen MR) is 86.2 cm³/mol. The molecule has 0 bridgehead atoms. The minimum atomic E-state index is 0.750. The average Bonchev–Trinajstić information content (AvgIpc) is 2.37. The summed E-state index contributed by atoms with van der Waals surface area (Å²) < 4.78 is 12.8. The van der Waals surface area contributed by atoms with Gasteiger partial charge in [-0.25, -0.2) is 0 Å². The summed E-state index contributed by atoms with van der Waals surface area (Å²) in [5, 5.41) is 1.09. The summed E-state index contributed by atoms with van der Waals surface area (Å²) in [4.78, 5) is 0. The van der Waals surface area contributed by atoms with Crippen LogP contribution in [0.4, 0.5) is 0 Å². The lowest BCUT2D eigenvalue weighted by Crippen LogP contribution is -1.98. The zero-order valence-corrected chi connectivity index (χ0v) is 15.1. The molecule has 0 aromatic heterocycles. The molecule has 0 atom stereocenters. The van der Waals surface area contributed by atoms with Crippen molar-refractivity contribution in [1.29, 1.82) is 0 Å². The first-order valence-electron chi connectivity index (χ1n) is 5.91. The van der Waals surface area contributed by atoms with Crippen molar-refractivity contribution in [2.24, 2.45) is 0 Å². The number of hydrogen-bond acceptors (Lipinski definition) is 2. The summed E-state index contributed by atoms with van der Waals surface area (Å²) in [6, 6.07) is 3.84. The molecule has 0 N–H and O–H groups in total. The van der Waals surface area contributed by atoms with Crippen LogP contribution < -0.4 is 9.47 Å². The summed E-state index contributed by atoms with van der Waals surface area (Å²) in [6.45, 7) is 0.750. The summed E-state index contributed by atoms with van der Waals surface area (Å²) in [6.07, 6.45) is 4.78. The molecule has 0 aliphatic carbocycles. The van der Waals surface area contributed by atoms with E-state index in [1.165, 1.54) is 19.3 Å². The summed E-state index contributed by atoms with van der Waals surface area (Å²) >= 11 is 10.4. The van der Waals surface area contributed by atoms with Crippen LogP contribution in [0.2, 0.25) is 0 Å². The largest absolute Gasteiger partial charge is 0.496 e. The van der Waals surface area contributed by atoms with Gasteiger partial charge in [-0.1, -0.05) is 28.8 Å². The smallest absolute Gasteiger partial charge is 0.134 e. The molecule has 0 spiro atoms. The van der Waals surface area contributed by atoms with Gasteiger partial charge in [0.2, 0.25) is 0 Å². The molecule has 0 aliphatic rings. The second-order valence-electron chi connectivity index (χ2n) is 3.87. The summed E-state index contributed by atoms with van der Waals surface area (Å²) in [5.74, 6) is 1.65. The van der Waals surface area contributed by atoms with Crippen LogP contribution in [0.1, 0.15) is 25.7 Å². The monoisotopic (exact) mass is 442 g/mol. The Morgan fingerprint density at radius 1 is 0.944 bits per heavy atom. The first kappa shape index (κ1) is 16.3. The Balaban J connectivity index is 2.40. The molecule has 0 saturated heterocycles. The Bertz CT molecular complexity index is 369. The van der Waals surface area contributed by atoms with Crippen molar-refractivity contribution in [3.8, 4) is 11.5 Å². The van der Waals surface area contributed by atoms with Crippen molar-refractivity contribution in [1.82, 2.24) is 0 Å². The lowest BCUT2D eigenvalue weighted by molar-refractivity contribution is 0.302. The number of unbranched alkanes of at least 4 members (excludes halogenated alkanes) is 3. The maximum Gasteiger partial charge on any atom is 0.134 e. The van der Waals surface area contributed by atoms with Crippen molar-refractivity contribution in [2.45, 2.75) is 25.7 Å². The Morgan fingerprint density at radius 3 is 2.22 bits per heavy atom. The SMILES string of the molecule is COc1cc(Br)c(OCCCCCCBr)cc1Br. The van der Waals surface area contributed by atoms with E-state index in [1.54, 1.807) is 7.11 Å². The highest BCUT2D eigenvalue weighted by Gasteiger charge is 2.07. The van der Waals surface area contributed by atoms with Crippen LogP contribution in [0, 0.1) is 0 Å². The molecule has 1 aromatic rings. The lowest BCUT2D eigenvalue weighted by Gasteiger charge is -2.11. The minimum absolute atomic E-state index is 0.750. The molecule has 0 unspecified atom stereocenters. The Hall–Kier alpha value is 0.260. The normalized spacial score (nSPS) is 10.4. The number of hydrogen-bond donors (Lipinski definition) is 0. The van der Waals surface area contributed by atoms with Gasteiger partial charge in [0, 0.05) is 5.33 Å². The van der Waals surface area contributed by atoms with Crippen LogP contribution >= 0.6 is 47.8 Å². The van der Waals surface area contributed by atoms with Crippen LogP contribution in [0.5, 0.6) is 11.5 Å². The highest BCUT2D eigenvalue weighted by Crippen LogP contribution is 2.36. The van der Waals surface area contributed by atoms with Gasteiger partial charge in [0.1, 0.15) is 11.5 Å². The van der Waals surface area contributed by atoms with Gasteiger partial charge in [-0.3, -0.25) is 0 Å². The van der Waals surface area contributed by atoms with Gasteiger partial charge in [0.05, 0.1) is 22.7 Å². The highest BCUT2D eigenvalue weighted by molar-refractivity contribution is 9.11. The van der Waals surface area contributed by atoms with Gasteiger partial charge in [-0.2, -0.15) is 0 Å². The van der Waals surface area contributed by atoms with E-state index in [4.69, 9.17) is 9.47 Å². The standard InChI is InChI=1S/C13H17Br3O2/c1-17-12-8-11(16)13(9-10(12)15)18-7-5-3-2-4-6-14/h8-9H,2-7H2,1H3. The first-order chi connectivity index (χ1) is 8.69. The molecule has 0 fully saturated rings. The number of ether oxygens (including phenoxy) is 2. The molecule has 0 aliphatic heterocycles. The topological polar surface area (TPSA) is 18.5 Å². The number of benzene rings is 1. The zero-order valence-electron chi connectivity index (χ0n) is 10.3. The quantitative estimate of drug-likeness (QED) is 0.386. The maximum absolute atomic E-state index is 5.75. The average molecular weight is 445 g/mol. The van der Waals surface area contributed by atoms with Crippen LogP contribution in [0.25, 0.3) is 0 Å². The second kappa shape index (κ2) is 9.21. The number of halogens is 3.